The van der Waals surface area contributed by atoms with Crippen molar-refractivity contribution in [3.8, 4) is 28.4 Å². The van der Waals surface area contributed by atoms with Gasteiger partial charge in [0.25, 0.3) is 5.56 Å². The largest absolute Gasteiger partial charge is 0.508 e. The van der Waals surface area contributed by atoms with Crippen LogP contribution in [-0.2, 0) is 23.4 Å². The lowest BCUT2D eigenvalue weighted by Gasteiger charge is -2.15. The van der Waals surface area contributed by atoms with Gasteiger partial charge in [0, 0.05) is 60.5 Å². The summed E-state index contributed by atoms with van der Waals surface area (Å²) in [5, 5.41) is 13.7. The molecule has 5 aromatic rings. The first kappa shape index (κ1) is 24.2. The first-order valence-electron chi connectivity index (χ1n) is 11.5. The number of fused-ring (bicyclic) bond motifs is 1. The first-order chi connectivity index (χ1) is 17.7. The van der Waals surface area contributed by atoms with Gasteiger partial charge in [-0.25, -0.2) is 8.42 Å². The van der Waals surface area contributed by atoms with Crippen LogP contribution in [0.2, 0.25) is 0 Å². The number of hydrogen-bond acceptors (Lipinski definition) is 6. The van der Waals surface area contributed by atoms with Gasteiger partial charge in [0.05, 0.1) is 4.90 Å². The molecule has 0 aliphatic heterocycles. The highest BCUT2D eigenvalue weighted by Gasteiger charge is 2.18. The summed E-state index contributed by atoms with van der Waals surface area (Å²) in [5.41, 5.74) is 3.18. The van der Waals surface area contributed by atoms with E-state index < -0.39 is 9.84 Å². The Hall–Kier alpha value is -4.50. The minimum atomic E-state index is -3.48. The number of nitrogens with one attached hydrogen (secondary N) is 2. The Bertz CT molecular complexity index is 1790. The number of aromatic hydroxyl groups is 1. The number of nitrogens with zero attached hydrogens (tertiary/aromatic N) is 1. The quantitative estimate of drug-likeness (QED) is 0.280. The van der Waals surface area contributed by atoms with Crippen LogP contribution >= 0.6 is 0 Å². The molecular formula is C28H25N3O5S. The Morgan fingerprint density at radius 2 is 1.81 bits per heavy atom. The maximum atomic E-state index is 12.6. The molecule has 8 nitrogen and oxygen atoms in total. The van der Waals surface area contributed by atoms with Gasteiger partial charge >= 0.3 is 0 Å². The molecule has 3 aromatic carbocycles. The third-order valence-electron chi connectivity index (χ3n) is 6.03. The molecule has 0 fully saturated rings. The minimum Gasteiger partial charge on any atom is -0.508 e. The van der Waals surface area contributed by atoms with Crippen LogP contribution < -0.4 is 15.6 Å². The second-order valence-electron chi connectivity index (χ2n) is 8.81. The van der Waals surface area contributed by atoms with Crippen molar-refractivity contribution < 1.29 is 18.3 Å². The van der Waals surface area contributed by atoms with Crippen LogP contribution in [0.15, 0.2) is 94.9 Å². The second kappa shape index (κ2) is 9.51. The zero-order valence-electron chi connectivity index (χ0n) is 20.2. The molecule has 5 rings (SSSR count). The highest BCUT2D eigenvalue weighted by molar-refractivity contribution is 7.90. The van der Waals surface area contributed by atoms with Crippen molar-refractivity contribution in [3.63, 3.8) is 0 Å². The molecule has 0 spiro atoms. The number of rotatable bonds is 7. The molecule has 0 bridgehead atoms. The highest BCUT2D eigenvalue weighted by atomic mass is 32.2. The summed E-state index contributed by atoms with van der Waals surface area (Å²) in [7, 11) is -1.84. The Kier molecular flexibility index (Phi) is 6.22. The van der Waals surface area contributed by atoms with Crippen LogP contribution in [0.25, 0.3) is 22.0 Å². The minimum absolute atomic E-state index is 0.147. The van der Waals surface area contributed by atoms with Crippen molar-refractivity contribution in [1.82, 2.24) is 9.55 Å². The SMILES string of the molecule is Cn1cc(-c2cc(S(C)(=O)=O)ccc2Oc2cccc(NCc3cccc(O)c3)c2)c2cc[nH]c2c1=O. The molecule has 37 heavy (non-hydrogen) atoms. The average molecular weight is 516 g/mol. The molecule has 0 unspecified atom stereocenters. The number of sulfone groups is 1. The molecule has 0 amide bonds. The van der Waals surface area contributed by atoms with Crippen molar-refractivity contribution in [1.29, 1.82) is 0 Å². The molecule has 0 atom stereocenters. The standard InChI is InChI=1S/C28H25N3O5S/c1-31-17-25(23-11-12-29-27(23)28(31)33)24-15-22(37(2,34)35)9-10-26(24)36-21-8-4-6-19(14-21)30-16-18-5-3-7-20(32)13-18/h3-15,17,29-30,32H,16H2,1-2H3. The number of benzene rings is 3. The summed E-state index contributed by atoms with van der Waals surface area (Å²) < 4.78 is 32.4. The lowest BCUT2D eigenvalue weighted by atomic mass is 10.0. The number of hydrogen-bond donors (Lipinski definition) is 3. The van der Waals surface area contributed by atoms with Crippen LogP contribution in [-0.4, -0.2) is 29.3 Å². The monoisotopic (exact) mass is 515 g/mol. The number of aryl methyl sites for hydroxylation is 1. The zero-order valence-corrected chi connectivity index (χ0v) is 21.0. The number of phenolic OH excluding ortho intramolecular Hbond substituents is 1. The van der Waals surface area contributed by atoms with Gasteiger partial charge in [-0.1, -0.05) is 18.2 Å². The summed E-state index contributed by atoms with van der Waals surface area (Å²) in [6, 6.07) is 20.9. The maximum absolute atomic E-state index is 12.6. The molecule has 0 aliphatic carbocycles. The summed E-state index contributed by atoms with van der Waals surface area (Å²) >= 11 is 0. The van der Waals surface area contributed by atoms with E-state index in [0.29, 0.717) is 40.1 Å². The smallest absolute Gasteiger partial charge is 0.274 e. The molecule has 188 valence electrons. The van der Waals surface area contributed by atoms with E-state index in [9.17, 15) is 18.3 Å². The normalized spacial score (nSPS) is 11.5. The fourth-order valence-electron chi connectivity index (χ4n) is 4.19. The molecule has 9 heteroatoms. The van der Waals surface area contributed by atoms with Gasteiger partial charge in [-0.15, -0.1) is 0 Å². The van der Waals surface area contributed by atoms with Gasteiger partial charge in [0.15, 0.2) is 9.84 Å². The second-order valence-corrected chi connectivity index (χ2v) is 10.8. The van der Waals surface area contributed by atoms with Gasteiger partial charge < -0.3 is 24.7 Å². The first-order valence-corrected chi connectivity index (χ1v) is 13.4. The van der Waals surface area contributed by atoms with Crippen molar-refractivity contribution in [3.05, 3.63) is 101 Å². The summed E-state index contributed by atoms with van der Waals surface area (Å²) in [6.07, 6.45) is 4.51. The number of H-pyrrole nitrogens is 1. The predicted octanol–water partition coefficient (Wildman–Crippen LogP) is 5.05. The van der Waals surface area contributed by atoms with Crippen LogP contribution in [0.1, 0.15) is 5.56 Å². The highest BCUT2D eigenvalue weighted by Crippen LogP contribution is 2.38. The van der Waals surface area contributed by atoms with Gasteiger partial charge in [0.2, 0.25) is 0 Å². The summed E-state index contributed by atoms with van der Waals surface area (Å²) in [6.45, 7) is 0.510. The third kappa shape index (κ3) is 5.07. The Balaban J connectivity index is 1.53. The topological polar surface area (TPSA) is 113 Å². The van der Waals surface area contributed by atoms with Gasteiger partial charge in [-0.2, -0.15) is 0 Å². The van der Waals surface area contributed by atoms with E-state index in [1.54, 1.807) is 61.9 Å². The number of anilines is 1. The Morgan fingerprint density at radius 3 is 2.59 bits per heavy atom. The molecule has 0 radical (unpaired) electrons. The molecule has 3 N–H and O–H groups in total. The number of aromatic nitrogens is 2. The van der Waals surface area contributed by atoms with Gasteiger partial charge in [0.1, 0.15) is 22.8 Å². The predicted molar refractivity (Wildman–Crippen MR) is 144 cm³/mol. The molecular weight excluding hydrogens is 490 g/mol. The van der Waals surface area contributed by atoms with Gasteiger partial charge in [-0.3, -0.25) is 4.79 Å². The van der Waals surface area contributed by atoms with E-state index >= 15 is 0 Å². The summed E-state index contributed by atoms with van der Waals surface area (Å²) in [5.74, 6) is 1.19. The number of phenols is 1. The van der Waals surface area contributed by atoms with Crippen molar-refractivity contribution in [2.24, 2.45) is 7.05 Å². The lowest BCUT2D eigenvalue weighted by Crippen LogP contribution is -2.16. The fraction of sp³-hybridized carbons (Fsp3) is 0.107. The number of ether oxygens (including phenoxy) is 1. The molecule has 0 saturated carbocycles. The van der Waals surface area contributed by atoms with E-state index in [-0.39, 0.29) is 16.2 Å². The van der Waals surface area contributed by atoms with E-state index in [2.05, 4.69) is 10.3 Å². The van der Waals surface area contributed by atoms with Gasteiger partial charge in [-0.05, 0) is 54.1 Å². The Labute approximate surface area is 213 Å². The van der Waals surface area contributed by atoms with Crippen LogP contribution in [0.3, 0.4) is 0 Å². The summed E-state index contributed by atoms with van der Waals surface area (Å²) in [4.78, 5) is 15.7. The fourth-order valence-corrected chi connectivity index (χ4v) is 4.84. The van der Waals surface area contributed by atoms with Crippen molar-refractivity contribution in [2.45, 2.75) is 11.4 Å². The third-order valence-corrected chi connectivity index (χ3v) is 7.14. The molecule has 2 aromatic heterocycles. The zero-order chi connectivity index (χ0) is 26.2. The van der Waals surface area contributed by atoms with E-state index in [1.165, 1.54) is 10.6 Å². The van der Waals surface area contributed by atoms with Crippen molar-refractivity contribution in [2.75, 3.05) is 11.6 Å². The average Bonchev–Trinajstić information content (AvgIpc) is 3.35. The van der Waals surface area contributed by atoms with Crippen LogP contribution in [0.5, 0.6) is 17.2 Å². The molecule has 0 saturated heterocycles. The van der Waals surface area contributed by atoms with Crippen LogP contribution in [0.4, 0.5) is 5.69 Å². The maximum Gasteiger partial charge on any atom is 0.274 e. The van der Waals surface area contributed by atoms with Crippen molar-refractivity contribution >= 4 is 26.4 Å². The van der Waals surface area contributed by atoms with E-state index in [0.717, 1.165) is 17.5 Å². The molecule has 2 heterocycles. The lowest BCUT2D eigenvalue weighted by molar-refractivity contribution is 0.474. The number of aromatic amines is 1. The number of pyridine rings is 1. The van der Waals surface area contributed by atoms with E-state index in [1.807, 2.05) is 24.3 Å². The Morgan fingerprint density at radius 1 is 1.00 bits per heavy atom. The molecule has 0 aliphatic rings. The van der Waals surface area contributed by atoms with Crippen LogP contribution in [0, 0.1) is 0 Å². The van der Waals surface area contributed by atoms with E-state index in [4.69, 9.17) is 4.74 Å².